The van der Waals surface area contributed by atoms with Crippen molar-refractivity contribution < 1.29 is 13.6 Å². The predicted molar refractivity (Wildman–Crippen MR) is 118 cm³/mol. The van der Waals surface area contributed by atoms with Crippen molar-refractivity contribution >= 4 is 5.91 Å². The van der Waals surface area contributed by atoms with Gasteiger partial charge in [0.1, 0.15) is 17.3 Å². The fourth-order valence-electron chi connectivity index (χ4n) is 3.28. The van der Waals surface area contributed by atoms with Crippen LogP contribution in [0, 0.1) is 18.6 Å². The van der Waals surface area contributed by atoms with Crippen molar-refractivity contribution in [2.45, 2.75) is 19.9 Å². The summed E-state index contributed by atoms with van der Waals surface area (Å²) in [7, 11) is 0. The number of hydrogen-bond donors (Lipinski definition) is 1. The monoisotopic (exact) mass is 430 g/mol. The second-order valence-electron chi connectivity index (χ2n) is 7.45. The first-order valence-electron chi connectivity index (χ1n) is 10.0. The lowest BCUT2D eigenvalue weighted by Crippen LogP contribution is -2.27. The highest BCUT2D eigenvalue weighted by atomic mass is 19.1. The van der Waals surface area contributed by atoms with E-state index in [9.17, 15) is 13.6 Å². The van der Waals surface area contributed by atoms with Crippen molar-refractivity contribution in [2.75, 3.05) is 0 Å². The summed E-state index contributed by atoms with van der Waals surface area (Å²) >= 11 is 0. The van der Waals surface area contributed by atoms with Crippen LogP contribution in [0.4, 0.5) is 8.78 Å². The van der Waals surface area contributed by atoms with E-state index in [2.05, 4.69) is 20.3 Å². The van der Waals surface area contributed by atoms with Crippen LogP contribution in [0.15, 0.2) is 73.2 Å². The molecule has 5 nitrogen and oxygen atoms in total. The molecular formula is C25H20F2N4O. The molecule has 3 heterocycles. The third-order valence-corrected chi connectivity index (χ3v) is 4.98. The average Bonchev–Trinajstić information content (AvgIpc) is 2.80. The van der Waals surface area contributed by atoms with Gasteiger partial charge in [-0.2, -0.15) is 0 Å². The lowest BCUT2D eigenvalue weighted by atomic mass is 9.99. The van der Waals surface area contributed by atoms with Gasteiger partial charge in [-0.25, -0.2) is 8.78 Å². The fourth-order valence-corrected chi connectivity index (χ4v) is 3.28. The molecule has 1 aromatic carbocycles. The van der Waals surface area contributed by atoms with Gasteiger partial charge < -0.3 is 5.32 Å². The van der Waals surface area contributed by atoms with E-state index >= 15 is 0 Å². The molecule has 3 aromatic heterocycles. The Morgan fingerprint density at radius 2 is 1.75 bits per heavy atom. The van der Waals surface area contributed by atoms with Crippen LogP contribution in [0.25, 0.3) is 22.5 Å². The molecule has 7 heteroatoms. The minimum Gasteiger partial charge on any atom is -0.344 e. The zero-order valence-electron chi connectivity index (χ0n) is 17.5. The number of aryl methyl sites for hydroxylation is 1. The summed E-state index contributed by atoms with van der Waals surface area (Å²) in [6.45, 7) is 3.68. The Kier molecular flexibility index (Phi) is 5.98. The molecule has 0 radical (unpaired) electrons. The maximum atomic E-state index is 14.4. The van der Waals surface area contributed by atoms with Gasteiger partial charge in [-0.3, -0.25) is 19.7 Å². The Labute approximate surface area is 184 Å². The van der Waals surface area contributed by atoms with E-state index in [0.717, 1.165) is 11.8 Å². The first-order valence-corrected chi connectivity index (χ1v) is 10.0. The maximum absolute atomic E-state index is 14.4. The predicted octanol–water partition coefficient (Wildman–Crippen LogP) is 5.28. The van der Waals surface area contributed by atoms with E-state index < -0.39 is 17.7 Å². The molecule has 160 valence electrons. The summed E-state index contributed by atoms with van der Waals surface area (Å²) in [5.74, 6) is -1.32. The van der Waals surface area contributed by atoms with Gasteiger partial charge in [-0.05, 0) is 67.9 Å². The van der Waals surface area contributed by atoms with Crippen molar-refractivity contribution in [3.8, 4) is 22.5 Å². The summed E-state index contributed by atoms with van der Waals surface area (Å²) in [6.07, 6.45) is 4.33. The summed E-state index contributed by atoms with van der Waals surface area (Å²) in [5, 5.41) is 2.85. The average molecular weight is 430 g/mol. The molecule has 0 saturated carbocycles. The molecule has 0 aliphatic carbocycles. The number of pyridine rings is 3. The SMILES string of the molecule is Cc1ccc(-c2cc(C(=O)NC(C)c3ccc(F)cn3)cc(-c3ncccc3F)c2)nc1. The quantitative estimate of drug-likeness (QED) is 0.468. The Hall–Kier alpha value is -4.00. The molecule has 0 aliphatic rings. The minimum absolute atomic E-state index is 0.142. The Balaban J connectivity index is 1.73. The number of benzene rings is 1. The Morgan fingerprint density at radius 1 is 0.938 bits per heavy atom. The van der Waals surface area contributed by atoms with Crippen molar-refractivity contribution in [1.82, 2.24) is 20.3 Å². The van der Waals surface area contributed by atoms with E-state index in [-0.39, 0.29) is 11.6 Å². The summed E-state index contributed by atoms with van der Waals surface area (Å²) in [5.41, 5.74) is 3.75. The lowest BCUT2D eigenvalue weighted by Gasteiger charge is -2.15. The van der Waals surface area contributed by atoms with Gasteiger partial charge in [0.25, 0.3) is 5.91 Å². The number of halogens is 2. The molecule has 32 heavy (non-hydrogen) atoms. The molecule has 0 saturated heterocycles. The van der Waals surface area contributed by atoms with Gasteiger partial charge in [-0.15, -0.1) is 0 Å². The second kappa shape index (κ2) is 9.01. The third-order valence-electron chi connectivity index (χ3n) is 4.98. The molecule has 1 atom stereocenters. The number of nitrogens with one attached hydrogen (secondary N) is 1. The minimum atomic E-state index is -0.489. The van der Waals surface area contributed by atoms with E-state index in [0.29, 0.717) is 28.1 Å². The highest BCUT2D eigenvalue weighted by Crippen LogP contribution is 2.28. The Bertz CT molecular complexity index is 1260. The highest BCUT2D eigenvalue weighted by Gasteiger charge is 2.17. The van der Waals surface area contributed by atoms with Crippen LogP contribution >= 0.6 is 0 Å². The van der Waals surface area contributed by atoms with Crippen LogP contribution < -0.4 is 5.32 Å². The number of carbonyl (C=O) groups excluding carboxylic acids is 1. The van der Waals surface area contributed by atoms with Gasteiger partial charge in [-0.1, -0.05) is 6.07 Å². The second-order valence-corrected chi connectivity index (χ2v) is 7.45. The summed E-state index contributed by atoms with van der Waals surface area (Å²) in [4.78, 5) is 25.6. The van der Waals surface area contributed by atoms with E-state index in [1.807, 2.05) is 19.1 Å². The zero-order valence-corrected chi connectivity index (χ0v) is 17.5. The molecule has 0 fully saturated rings. The molecule has 4 aromatic rings. The Morgan fingerprint density at radius 3 is 2.44 bits per heavy atom. The highest BCUT2D eigenvalue weighted by molar-refractivity contribution is 5.97. The van der Waals surface area contributed by atoms with Crippen LogP contribution in [0.2, 0.25) is 0 Å². The summed E-state index contributed by atoms with van der Waals surface area (Å²) < 4.78 is 27.6. The van der Waals surface area contributed by atoms with Crippen LogP contribution in [-0.2, 0) is 0 Å². The standard InChI is InChI=1S/C25H20F2N4O/c1-15-5-7-23(29-13-15)17-10-18(24-21(27)4-3-9-28-24)12-19(11-17)25(32)31-16(2)22-8-6-20(26)14-30-22/h3-14,16H,1-2H3,(H,31,32). The maximum Gasteiger partial charge on any atom is 0.251 e. The number of aromatic nitrogens is 3. The zero-order chi connectivity index (χ0) is 22.7. The third kappa shape index (κ3) is 4.67. The van der Waals surface area contributed by atoms with Gasteiger partial charge in [0, 0.05) is 29.1 Å². The van der Waals surface area contributed by atoms with Gasteiger partial charge in [0.15, 0.2) is 0 Å². The van der Waals surface area contributed by atoms with Crippen molar-refractivity contribution in [2.24, 2.45) is 0 Å². The van der Waals surface area contributed by atoms with Crippen molar-refractivity contribution in [1.29, 1.82) is 0 Å². The molecule has 0 aliphatic heterocycles. The number of amides is 1. The van der Waals surface area contributed by atoms with Gasteiger partial charge >= 0.3 is 0 Å². The number of carbonyl (C=O) groups is 1. The molecule has 1 N–H and O–H groups in total. The van der Waals surface area contributed by atoms with E-state index in [1.165, 1.54) is 30.5 Å². The smallest absolute Gasteiger partial charge is 0.251 e. The molecule has 0 spiro atoms. The van der Waals surface area contributed by atoms with E-state index in [1.54, 1.807) is 31.3 Å². The molecule has 1 unspecified atom stereocenters. The van der Waals surface area contributed by atoms with E-state index in [4.69, 9.17) is 0 Å². The van der Waals surface area contributed by atoms with Crippen LogP contribution in [0.5, 0.6) is 0 Å². The fraction of sp³-hybridized carbons (Fsp3) is 0.120. The van der Waals surface area contributed by atoms with Gasteiger partial charge in [0.05, 0.1) is 23.6 Å². The van der Waals surface area contributed by atoms with Crippen molar-refractivity contribution in [3.05, 3.63) is 102 Å². The number of nitrogens with zero attached hydrogens (tertiary/aromatic N) is 3. The number of hydrogen-bond acceptors (Lipinski definition) is 4. The molecule has 1 amide bonds. The first kappa shape index (κ1) is 21.2. The van der Waals surface area contributed by atoms with Gasteiger partial charge in [0.2, 0.25) is 0 Å². The molecule has 0 bridgehead atoms. The van der Waals surface area contributed by atoms with Crippen LogP contribution in [0.3, 0.4) is 0 Å². The molecular weight excluding hydrogens is 410 g/mol. The lowest BCUT2D eigenvalue weighted by molar-refractivity contribution is 0.0939. The van der Waals surface area contributed by atoms with Crippen molar-refractivity contribution in [3.63, 3.8) is 0 Å². The topological polar surface area (TPSA) is 67.8 Å². The summed E-state index contributed by atoms with van der Waals surface area (Å²) in [6, 6.07) is 14.0. The molecule has 4 rings (SSSR count). The first-order chi connectivity index (χ1) is 15.4. The van der Waals surface area contributed by atoms with Crippen LogP contribution in [0.1, 0.15) is 34.6 Å². The largest absolute Gasteiger partial charge is 0.344 e. The normalized spacial score (nSPS) is 11.8. The number of rotatable bonds is 5. The van der Waals surface area contributed by atoms with Crippen LogP contribution in [-0.4, -0.2) is 20.9 Å².